The molecule has 6 rings (SSSR count). The van der Waals surface area contributed by atoms with Crippen molar-refractivity contribution >= 4 is 44.7 Å². The lowest BCUT2D eigenvalue weighted by Gasteiger charge is -2.37. The van der Waals surface area contributed by atoms with Crippen LogP contribution in [0.15, 0.2) is 72.8 Å². The Morgan fingerprint density at radius 3 is 2.34 bits per heavy atom. The number of hydrogen-bond donors (Lipinski definition) is 6. The van der Waals surface area contributed by atoms with Crippen LogP contribution in [0, 0.1) is 6.92 Å². The van der Waals surface area contributed by atoms with E-state index < -0.39 is 17.4 Å². The SMILES string of the molecule is CNC/C=C/C(=O)NC1CCC(NC(=O)c2sc3c(N)ccc4c3c2C(N)C(=O)C4(N)c2ccc(Oc3ccccc3)cc2C)CC1. The van der Waals surface area contributed by atoms with E-state index in [1.165, 1.54) is 17.4 Å². The number of para-hydroxylation sites is 1. The van der Waals surface area contributed by atoms with Gasteiger partial charge >= 0.3 is 0 Å². The zero-order chi connectivity index (χ0) is 33.3. The summed E-state index contributed by atoms with van der Waals surface area (Å²) in [5, 5.41) is 9.83. The number of ketones is 1. The number of nitrogens with one attached hydrogen (secondary N) is 3. The summed E-state index contributed by atoms with van der Waals surface area (Å²) >= 11 is 1.24. The number of nitrogen functional groups attached to an aromatic ring is 1. The molecule has 0 spiro atoms. The zero-order valence-corrected chi connectivity index (χ0v) is 27.3. The number of anilines is 1. The van der Waals surface area contributed by atoms with E-state index in [0.29, 0.717) is 68.2 Å². The van der Waals surface area contributed by atoms with Gasteiger partial charge < -0.3 is 37.9 Å². The third kappa shape index (κ3) is 6.15. The molecule has 1 aromatic heterocycles. The number of Topliss-reactive ketones (excluding diaryl/α,β-unsaturated/α-hetero) is 1. The number of nitrogens with two attached hydrogens (primary N) is 3. The molecular weight excluding hydrogens is 613 g/mol. The van der Waals surface area contributed by atoms with Gasteiger partial charge in [-0.3, -0.25) is 14.4 Å². The van der Waals surface area contributed by atoms with Crippen LogP contribution in [0.3, 0.4) is 0 Å². The fraction of sp³-hybridized carbons (Fsp3) is 0.306. The highest BCUT2D eigenvalue weighted by Crippen LogP contribution is 2.50. The Hall–Kier alpha value is -4.55. The normalized spacial score (nSPS) is 22.4. The maximum atomic E-state index is 14.3. The largest absolute Gasteiger partial charge is 0.457 e. The zero-order valence-electron chi connectivity index (χ0n) is 26.5. The molecule has 1 heterocycles. The van der Waals surface area contributed by atoms with E-state index in [1.807, 2.05) is 56.4 Å². The maximum absolute atomic E-state index is 14.3. The lowest BCUT2D eigenvalue weighted by molar-refractivity contribution is -0.124. The molecule has 244 valence electrons. The van der Waals surface area contributed by atoms with Crippen LogP contribution in [0.5, 0.6) is 11.5 Å². The molecule has 11 heteroatoms. The Balaban J connectivity index is 1.26. The first-order valence-corrected chi connectivity index (χ1v) is 16.6. The number of aryl methyl sites for hydroxylation is 1. The minimum Gasteiger partial charge on any atom is -0.457 e. The summed E-state index contributed by atoms with van der Waals surface area (Å²) in [4.78, 5) is 40.6. The predicted octanol–water partition coefficient (Wildman–Crippen LogP) is 4.30. The van der Waals surface area contributed by atoms with Gasteiger partial charge in [0.25, 0.3) is 5.91 Å². The van der Waals surface area contributed by atoms with Crippen molar-refractivity contribution in [3.8, 4) is 11.5 Å². The molecule has 3 aromatic carbocycles. The summed E-state index contributed by atoms with van der Waals surface area (Å²) in [5.41, 5.74) is 21.6. The molecule has 2 amide bonds. The maximum Gasteiger partial charge on any atom is 0.261 e. The summed E-state index contributed by atoms with van der Waals surface area (Å²) in [6.07, 6.45) is 6.23. The Kier molecular flexibility index (Phi) is 9.16. The summed E-state index contributed by atoms with van der Waals surface area (Å²) in [5.74, 6) is 0.499. The topological polar surface area (TPSA) is 175 Å². The smallest absolute Gasteiger partial charge is 0.261 e. The van der Waals surface area contributed by atoms with Gasteiger partial charge in [0.15, 0.2) is 5.78 Å². The molecule has 0 radical (unpaired) electrons. The van der Waals surface area contributed by atoms with Gasteiger partial charge in [0.2, 0.25) is 5.91 Å². The molecule has 0 bridgehead atoms. The fourth-order valence-electron chi connectivity index (χ4n) is 6.76. The molecule has 10 nitrogen and oxygen atoms in total. The number of likely N-dealkylation sites (N-methyl/N-ethyl adjacent to an activating group) is 1. The predicted molar refractivity (Wildman–Crippen MR) is 186 cm³/mol. The average molecular weight is 653 g/mol. The molecule has 0 saturated heterocycles. The number of carbonyl (C=O) groups is 3. The molecule has 47 heavy (non-hydrogen) atoms. The van der Waals surface area contributed by atoms with Crippen LogP contribution in [0.1, 0.15) is 63.7 Å². The van der Waals surface area contributed by atoms with Crippen LogP contribution >= 0.6 is 11.3 Å². The van der Waals surface area contributed by atoms with Gasteiger partial charge in [-0.1, -0.05) is 36.4 Å². The van der Waals surface area contributed by atoms with Crippen LogP contribution in [0.25, 0.3) is 10.1 Å². The van der Waals surface area contributed by atoms with Gasteiger partial charge in [-0.2, -0.15) is 0 Å². The molecule has 1 saturated carbocycles. The third-order valence-electron chi connectivity index (χ3n) is 9.12. The Bertz CT molecular complexity index is 1860. The number of amides is 2. The molecule has 4 aromatic rings. The first-order valence-electron chi connectivity index (χ1n) is 15.8. The molecule has 9 N–H and O–H groups in total. The lowest BCUT2D eigenvalue weighted by Crippen LogP contribution is -2.53. The van der Waals surface area contributed by atoms with Crippen LogP contribution in [0.2, 0.25) is 0 Å². The monoisotopic (exact) mass is 652 g/mol. The number of rotatable bonds is 9. The molecule has 2 unspecified atom stereocenters. The van der Waals surface area contributed by atoms with Gasteiger partial charge in [0, 0.05) is 41.3 Å². The van der Waals surface area contributed by atoms with E-state index in [2.05, 4.69) is 16.0 Å². The molecule has 1 fully saturated rings. The van der Waals surface area contributed by atoms with Crippen molar-refractivity contribution in [2.24, 2.45) is 11.5 Å². The summed E-state index contributed by atoms with van der Waals surface area (Å²) in [6.45, 7) is 2.51. The Morgan fingerprint density at radius 1 is 0.979 bits per heavy atom. The van der Waals surface area contributed by atoms with Gasteiger partial charge in [-0.25, -0.2) is 0 Å². The van der Waals surface area contributed by atoms with E-state index in [1.54, 1.807) is 24.3 Å². The van der Waals surface area contributed by atoms with Crippen molar-refractivity contribution in [3.63, 3.8) is 0 Å². The molecule has 0 aliphatic heterocycles. The van der Waals surface area contributed by atoms with Crippen molar-refractivity contribution in [3.05, 3.63) is 99.9 Å². The van der Waals surface area contributed by atoms with E-state index in [9.17, 15) is 14.4 Å². The minimum absolute atomic E-state index is 0.0499. The van der Waals surface area contributed by atoms with Crippen LogP contribution in [-0.2, 0) is 15.1 Å². The van der Waals surface area contributed by atoms with Gasteiger partial charge in [0.1, 0.15) is 17.0 Å². The molecule has 2 atom stereocenters. The summed E-state index contributed by atoms with van der Waals surface area (Å²) < 4.78 is 6.69. The number of hydrogen-bond acceptors (Lipinski definition) is 9. The van der Waals surface area contributed by atoms with Crippen LogP contribution in [-0.4, -0.2) is 43.3 Å². The fourth-order valence-corrected chi connectivity index (χ4v) is 7.96. The molecular formula is C36H40N6O4S. The summed E-state index contributed by atoms with van der Waals surface area (Å²) in [7, 11) is 1.82. The van der Waals surface area contributed by atoms with Crippen molar-refractivity contribution < 1.29 is 19.1 Å². The van der Waals surface area contributed by atoms with E-state index in [-0.39, 0.29) is 23.9 Å². The first kappa shape index (κ1) is 32.4. The third-order valence-corrected chi connectivity index (χ3v) is 10.4. The lowest BCUT2D eigenvalue weighted by atomic mass is 9.69. The van der Waals surface area contributed by atoms with E-state index in [0.717, 1.165) is 18.4 Å². The molecule has 2 aliphatic rings. The average Bonchev–Trinajstić information content (AvgIpc) is 3.47. The van der Waals surface area contributed by atoms with Crippen molar-refractivity contribution in [1.82, 2.24) is 16.0 Å². The standard InChI is InChI=1S/C36H40N6O4S/c1-20-19-24(46-23-7-4-3-5-8-23)14-15-25(20)36(39)26-16-17-27(37)32-29(26)30(31(38)34(36)44)33(47-32)35(45)42-22-12-10-21(11-13-22)41-28(43)9-6-18-40-2/h3-9,14-17,19,21-22,31,40H,10-13,18,37-39H2,1-2H3,(H,41,43)(H,42,45)/b9-6+. The number of benzene rings is 3. The first-order chi connectivity index (χ1) is 22.6. The second-order valence-corrected chi connectivity index (χ2v) is 13.3. The van der Waals surface area contributed by atoms with Crippen molar-refractivity contribution in [1.29, 1.82) is 0 Å². The second kappa shape index (κ2) is 13.3. The Labute approximate surface area is 277 Å². The summed E-state index contributed by atoms with van der Waals surface area (Å²) in [6, 6.07) is 17.2. The van der Waals surface area contributed by atoms with Crippen LogP contribution in [0.4, 0.5) is 5.69 Å². The number of carbonyl (C=O) groups excluding carboxylic acids is 3. The van der Waals surface area contributed by atoms with Gasteiger partial charge in [-0.05, 0) is 86.7 Å². The highest BCUT2D eigenvalue weighted by Gasteiger charge is 2.49. The van der Waals surface area contributed by atoms with Crippen molar-refractivity contribution in [2.45, 2.75) is 56.3 Å². The molecule has 2 aliphatic carbocycles. The quantitative estimate of drug-likeness (QED) is 0.115. The highest BCUT2D eigenvalue weighted by molar-refractivity contribution is 7.21. The van der Waals surface area contributed by atoms with E-state index >= 15 is 0 Å². The van der Waals surface area contributed by atoms with Gasteiger partial charge in [0.05, 0.1) is 15.6 Å². The minimum atomic E-state index is -1.56. The van der Waals surface area contributed by atoms with E-state index in [4.69, 9.17) is 21.9 Å². The van der Waals surface area contributed by atoms with Crippen LogP contribution < -0.4 is 37.9 Å². The van der Waals surface area contributed by atoms with Gasteiger partial charge in [-0.15, -0.1) is 11.3 Å². The number of ether oxygens (including phenoxy) is 1. The Morgan fingerprint density at radius 2 is 1.66 bits per heavy atom. The van der Waals surface area contributed by atoms with Crippen molar-refractivity contribution in [2.75, 3.05) is 19.3 Å². The second-order valence-electron chi connectivity index (χ2n) is 12.3. The highest BCUT2D eigenvalue weighted by atomic mass is 32.1. The number of thiophene rings is 1.